The third kappa shape index (κ3) is 4.53. The zero-order valence-electron chi connectivity index (χ0n) is 17.9. The summed E-state index contributed by atoms with van der Waals surface area (Å²) in [6, 6.07) is 15.7. The molecule has 3 aromatic rings. The van der Waals surface area contributed by atoms with Crippen LogP contribution in [0.15, 0.2) is 59.4 Å². The maximum atomic E-state index is 12.9. The van der Waals surface area contributed by atoms with Crippen LogP contribution in [0.1, 0.15) is 29.9 Å². The first-order valence-corrected chi connectivity index (χ1v) is 9.92. The van der Waals surface area contributed by atoms with Crippen LogP contribution in [0.2, 0.25) is 0 Å². The Bertz CT molecular complexity index is 1150. The number of aromatic nitrogens is 2. The molecule has 0 bridgehead atoms. The second-order valence-electron chi connectivity index (χ2n) is 6.90. The van der Waals surface area contributed by atoms with Gasteiger partial charge in [0.15, 0.2) is 6.10 Å². The van der Waals surface area contributed by atoms with Crippen molar-refractivity contribution in [1.29, 1.82) is 0 Å². The first kappa shape index (κ1) is 21.9. The van der Waals surface area contributed by atoms with E-state index < -0.39 is 18.0 Å². The van der Waals surface area contributed by atoms with Gasteiger partial charge in [-0.1, -0.05) is 30.3 Å². The van der Waals surface area contributed by atoms with Crippen molar-refractivity contribution in [3.05, 3.63) is 76.2 Å². The number of hydrogen-bond acceptors (Lipinski definition) is 5. The lowest BCUT2D eigenvalue weighted by Gasteiger charge is -2.14. The lowest BCUT2D eigenvalue weighted by Crippen LogP contribution is -2.32. The fourth-order valence-electron chi connectivity index (χ4n) is 3.13. The van der Waals surface area contributed by atoms with Gasteiger partial charge in [-0.05, 0) is 45.0 Å². The number of ether oxygens (including phenoxy) is 2. The molecule has 1 heterocycles. The summed E-state index contributed by atoms with van der Waals surface area (Å²) in [7, 11) is 1.73. The van der Waals surface area contributed by atoms with E-state index in [1.807, 2.05) is 25.1 Å². The van der Waals surface area contributed by atoms with E-state index in [0.717, 1.165) is 0 Å². The Kier molecular flexibility index (Phi) is 6.59. The Morgan fingerprint density at radius 2 is 1.71 bits per heavy atom. The average molecular weight is 423 g/mol. The molecule has 0 radical (unpaired) electrons. The Morgan fingerprint density at radius 3 is 2.39 bits per heavy atom. The molecule has 1 atom stereocenters. The molecule has 0 saturated carbocycles. The van der Waals surface area contributed by atoms with Crippen molar-refractivity contribution >= 4 is 17.6 Å². The van der Waals surface area contributed by atoms with Crippen molar-refractivity contribution in [2.24, 2.45) is 7.05 Å². The average Bonchev–Trinajstić information content (AvgIpc) is 2.98. The fourth-order valence-corrected chi connectivity index (χ4v) is 3.13. The monoisotopic (exact) mass is 423 g/mol. The molecule has 1 N–H and O–H groups in total. The second kappa shape index (κ2) is 9.34. The summed E-state index contributed by atoms with van der Waals surface area (Å²) < 4.78 is 13.9. The molecular weight excluding hydrogens is 398 g/mol. The quantitative estimate of drug-likeness (QED) is 0.590. The van der Waals surface area contributed by atoms with Crippen molar-refractivity contribution in [2.75, 3.05) is 11.9 Å². The molecule has 162 valence electrons. The van der Waals surface area contributed by atoms with Crippen LogP contribution in [0, 0.1) is 6.92 Å². The van der Waals surface area contributed by atoms with Crippen molar-refractivity contribution in [2.45, 2.75) is 26.9 Å². The number of nitrogens with zero attached hydrogens (tertiary/aromatic N) is 2. The van der Waals surface area contributed by atoms with E-state index in [4.69, 9.17) is 9.47 Å². The lowest BCUT2D eigenvalue weighted by molar-refractivity contribution is -0.123. The van der Waals surface area contributed by atoms with Crippen LogP contribution >= 0.6 is 0 Å². The number of hydrogen-bond donors (Lipinski definition) is 1. The van der Waals surface area contributed by atoms with Crippen LogP contribution in [0.5, 0.6) is 5.75 Å². The zero-order chi connectivity index (χ0) is 22.5. The predicted molar refractivity (Wildman–Crippen MR) is 117 cm³/mol. The number of rotatable bonds is 7. The summed E-state index contributed by atoms with van der Waals surface area (Å²) in [4.78, 5) is 38.1. The lowest BCUT2D eigenvalue weighted by atomic mass is 10.2. The molecule has 8 heteroatoms. The Morgan fingerprint density at radius 1 is 1.06 bits per heavy atom. The summed E-state index contributed by atoms with van der Waals surface area (Å²) in [5, 5.41) is 2.60. The van der Waals surface area contributed by atoms with E-state index in [0.29, 0.717) is 23.7 Å². The molecule has 1 unspecified atom stereocenters. The first-order valence-electron chi connectivity index (χ1n) is 9.92. The predicted octanol–water partition coefficient (Wildman–Crippen LogP) is 3.07. The Hall–Kier alpha value is -3.81. The summed E-state index contributed by atoms with van der Waals surface area (Å²) in [6.45, 7) is 5.37. The number of nitrogens with one attached hydrogen (secondary N) is 1. The minimum absolute atomic E-state index is 0.133. The standard InChI is InChI=1S/C23H25N3O5/c1-5-30-19-14-10-9-13-18(19)23(29)31-16(3)21(27)24-20-15(2)25(4)26(22(20)28)17-11-7-6-8-12-17/h6-14,16H,5H2,1-4H3,(H,24,27). The van der Waals surface area contributed by atoms with Crippen LogP contribution < -0.4 is 15.6 Å². The summed E-state index contributed by atoms with van der Waals surface area (Å²) in [5.41, 5.74) is 1.23. The maximum Gasteiger partial charge on any atom is 0.342 e. The number of amides is 1. The van der Waals surface area contributed by atoms with Crippen LogP contribution in [0.4, 0.5) is 5.69 Å². The first-order chi connectivity index (χ1) is 14.8. The fraction of sp³-hybridized carbons (Fsp3) is 0.261. The normalized spacial score (nSPS) is 11.6. The number of benzene rings is 2. The maximum absolute atomic E-state index is 12.9. The third-order valence-electron chi connectivity index (χ3n) is 4.86. The zero-order valence-corrected chi connectivity index (χ0v) is 17.9. The molecule has 0 spiro atoms. The van der Waals surface area contributed by atoms with Gasteiger partial charge in [0, 0.05) is 7.05 Å². The van der Waals surface area contributed by atoms with E-state index in [2.05, 4.69) is 5.32 Å². The van der Waals surface area contributed by atoms with Gasteiger partial charge in [-0.15, -0.1) is 0 Å². The molecule has 0 aliphatic carbocycles. The minimum Gasteiger partial charge on any atom is -0.493 e. The molecule has 8 nitrogen and oxygen atoms in total. The number of esters is 1. The third-order valence-corrected chi connectivity index (χ3v) is 4.86. The van der Waals surface area contributed by atoms with Crippen LogP contribution in [-0.4, -0.2) is 34.0 Å². The van der Waals surface area contributed by atoms with Gasteiger partial charge in [0.05, 0.1) is 18.0 Å². The highest BCUT2D eigenvalue weighted by molar-refractivity contribution is 5.98. The van der Waals surface area contributed by atoms with Gasteiger partial charge in [-0.25, -0.2) is 9.48 Å². The van der Waals surface area contributed by atoms with E-state index in [9.17, 15) is 14.4 Å². The molecular formula is C23H25N3O5. The molecule has 3 rings (SSSR count). The van der Waals surface area contributed by atoms with Crippen LogP contribution in [0.25, 0.3) is 5.69 Å². The molecule has 1 aromatic heterocycles. The van der Waals surface area contributed by atoms with E-state index in [1.54, 1.807) is 55.1 Å². The number of para-hydroxylation sites is 2. The second-order valence-corrected chi connectivity index (χ2v) is 6.90. The van der Waals surface area contributed by atoms with Gasteiger partial charge in [0.2, 0.25) is 0 Å². The largest absolute Gasteiger partial charge is 0.493 e. The molecule has 0 saturated heterocycles. The molecule has 0 fully saturated rings. The topological polar surface area (TPSA) is 91.6 Å². The van der Waals surface area contributed by atoms with Crippen LogP contribution in [0.3, 0.4) is 0 Å². The van der Waals surface area contributed by atoms with Crippen molar-refractivity contribution < 1.29 is 19.1 Å². The molecule has 0 aliphatic rings. The van der Waals surface area contributed by atoms with Crippen molar-refractivity contribution in [3.63, 3.8) is 0 Å². The van der Waals surface area contributed by atoms with Gasteiger partial charge in [0.1, 0.15) is 17.0 Å². The smallest absolute Gasteiger partial charge is 0.342 e. The molecule has 0 aliphatic heterocycles. The molecule has 31 heavy (non-hydrogen) atoms. The van der Waals surface area contributed by atoms with Gasteiger partial charge in [0.25, 0.3) is 11.5 Å². The summed E-state index contributed by atoms with van der Waals surface area (Å²) in [6.07, 6.45) is -1.12. The Balaban J connectivity index is 1.78. The highest BCUT2D eigenvalue weighted by atomic mass is 16.5. The van der Waals surface area contributed by atoms with Gasteiger partial charge >= 0.3 is 5.97 Å². The number of carbonyl (C=O) groups is 2. The summed E-state index contributed by atoms with van der Waals surface area (Å²) >= 11 is 0. The summed E-state index contributed by atoms with van der Waals surface area (Å²) in [5.74, 6) is -0.904. The SMILES string of the molecule is CCOc1ccccc1C(=O)OC(C)C(=O)Nc1c(C)n(C)n(-c2ccccc2)c1=O. The van der Waals surface area contributed by atoms with Gasteiger partial charge in [-0.2, -0.15) is 0 Å². The highest BCUT2D eigenvalue weighted by Gasteiger charge is 2.24. The molecule has 1 amide bonds. The van der Waals surface area contributed by atoms with E-state index in [1.165, 1.54) is 11.6 Å². The van der Waals surface area contributed by atoms with Crippen LogP contribution in [-0.2, 0) is 16.6 Å². The molecule has 2 aromatic carbocycles. The minimum atomic E-state index is -1.12. The highest BCUT2D eigenvalue weighted by Crippen LogP contribution is 2.20. The van der Waals surface area contributed by atoms with E-state index >= 15 is 0 Å². The number of carbonyl (C=O) groups excluding carboxylic acids is 2. The van der Waals surface area contributed by atoms with E-state index in [-0.39, 0.29) is 16.8 Å². The Labute approximate surface area is 180 Å². The van der Waals surface area contributed by atoms with Gasteiger partial charge < -0.3 is 14.8 Å². The van der Waals surface area contributed by atoms with Gasteiger partial charge in [-0.3, -0.25) is 14.3 Å². The number of anilines is 1. The van der Waals surface area contributed by atoms with Crippen molar-refractivity contribution in [3.8, 4) is 11.4 Å². The van der Waals surface area contributed by atoms with Crippen molar-refractivity contribution in [1.82, 2.24) is 9.36 Å².